The lowest BCUT2D eigenvalue weighted by molar-refractivity contribution is -0.332. The minimum absolute atomic E-state index is 0.118. The van der Waals surface area contributed by atoms with Gasteiger partial charge in [-0.25, -0.2) is 0 Å². The molecule has 0 saturated carbocycles. The SMILES string of the molecule is CCCC/C=C/CCCCCCCC(=O)OC[C@H](CO[C@H]1O[C@@H](CO[C@H]2O[C@@H](CO)[C@@H](O)C(O)C2O)[C@@H](O)C(O)C1O)OC(=O)CCC/C=C/CCCCCCCCCCCCCCCCCCCC. The monoisotopic (exact) mass is 1000 g/mol. The zero-order chi connectivity index (χ0) is 51.0. The second kappa shape index (κ2) is 42.3. The lowest BCUT2D eigenvalue weighted by Crippen LogP contribution is -2.61. The molecule has 2 aliphatic heterocycles. The predicted octanol–water partition coefficient (Wildman–Crippen LogP) is 8.72. The molecule has 0 spiro atoms. The molecule has 410 valence electrons. The van der Waals surface area contributed by atoms with Crippen LogP contribution in [0.3, 0.4) is 0 Å². The molecule has 0 bridgehead atoms. The van der Waals surface area contributed by atoms with Crippen molar-refractivity contribution in [2.24, 2.45) is 0 Å². The molecule has 15 nitrogen and oxygen atoms in total. The smallest absolute Gasteiger partial charge is 0.306 e. The Labute approximate surface area is 422 Å². The van der Waals surface area contributed by atoms with Crippen LogP contribution in [0, 0.1) is 0 Å². The van der Waals surface area contributed by atoms with E-state index in [0.29, 0.717) is 19.3 Å². The first-order valence-corrected chi connectivity index (χ1v) is 27.9. The van der Waals surface area contributed by atoms with Gasteiger partial charge < -0.3 is 64.2 Å². The Hall–Kier alpha value is -2.02. The van der Waals surface area contributed by atoms with E-state index in [2.05, 4.69) is 38.2 Å². The van der Waals surface area contributed by atoms with E-state index in [9.17, 15) is 45.3 Å². The van der Waals surface area contributed by atoms with Crippen molar-refractivity contribution in [3.8, 4) is 0 Å². The van der Waals surface area contributed by atoms with Crippen LogP contribution in [0.1, 0.15) is 219 Å². The number of aliphatic hydroxyl groups is 7. The summed E-state index contributed by atoms with van der Waals surface area (Å²) in [5, 5.41) is 72.1. The maximum atomic E-state index is 13.0. The summed E-state index contributed by atoms with van der Waals surface area (Å²) in [4.78, 5) is 25.7. The van der Waals surface area contributed by atoms with Crippen molar-refractivity contribution in [3.63, 3.8) is 0 Å². The molecule has 70 heavy (non-hydrogen) atoms. The standard InChI is InChI=1S/C55H100O15/c1-3-5-7-9-11-13-15-16-17-18-19-20-21-22-23-24-25-26-28-30-32-34-36-38-47(58)68-43(40-65-46(57)37-35-33-31-29-27-14-12-10-8-6-4-2)41-66-54-53(64)51(62)49(60)45(70-54)42-67-55-52(63)50(61)48(59)44(39-56)69-55/h10,12,30,32,43-45,48-56,59-64H,3-9,11,13-29,31,33-42H2,1-2H3/b12-10+,32-30+/t43-,44+,45+,48-,49-,50?,51?,52?,53?,54+,55+/m1/s1. The fraction of sp³-hybridized carbons (Fsp3) is 0.891. The molecule has 2 aliphatic rings. The topological polar surface area (TPSA) is 231 Å². The number of allylic oxidation sites excluding steroid dienone is 4. The Morgan fingerprint density at radius 2 is 0.843 bits per heavy atom. The third-order valence-corrected chi connectivity index (χ3v) is 13.4. The van der Waals surface area contributed by atoms with Crippen LogP contribution in [-0.4, -0.2) is 142 Å². The van der Waals surface area contributed by atoms with Crippen molar-refractivity contribution in [1.82, 2.24) is 0 Å². The van der Waals surface area contributed by atoms with Gasteiger partial charge >= 0.3 is 11.9 Å². The summed E-state index contributed by atoms with van der Waals surface area (Å²) in [5.41, 5.74) is 0. The minimum Gasteiger partial charge on any atom is -0.462 e. The number of hydrogen-bond donors (Lipinski definition) is 7. The molecule has 15 heteroatoms. The van der Waals surface area contributed by atoms with Crippen LogP contribution in [0.15, 0.2) is 24.3 Å². The van der Waals surface area contributed by atoms with Gasteiger partial charge in [-0.15, -0.1) is 0 Å². The molecule has 0 aliphatic carbocycles. The Bertz CT molecular complexity index is 1310. The number of carbonyl (C=O) groups excluding carboxylic acids is 2. The Kier molecular flexibility index (Phi) is 38.8. The van der Waals surface area contributed by atoms with Crippen molar-refractivity contribution in [2.45, 2.75) is 287 Å². The second-order valence-electron chi connectivity index (χ2n) is 19.8. The summed E-state index contributed by atoms with van der Waals surface area (Å²) in [7, 11) is 0. The highest BCUT2D eigenvalue weighted by atomic mass is 16.7. The first kappa shape index (κ1) is 64.1. The van der Waals surface area contributed by atoms with E-state index in [1.807, 2.05) is 0 Å². The van der Waals surface area contributed by atoms with Gasteiger partial charge in [0.1, 0.15) is 55.4 Å². The van der Waals surface area contributed by atoms with Gasteiger partial charge in [0.25, 0.3) is 0 Å². The van der Waals surface area contributed by atoms with Crippen LogP contribution < -0.4 is 0 Å². The van der Waals surface area contributed by atoms with E-state index in [4.69, 9.17) is 28.4 Å². The van der Waals surface area contributed by atoms with Gasteiger partial charge in [0.2, 0.25) is 0 Å². The van der Waals surface area contributed by atoms with Crippen molar-refractivity contribution >= 4 is 11.9 Å². The van der Waals surface area contributed by atoms with Gasteiger partial charge in [-0.3, -0.25) is 9.59 Å². The van der Waals surface area contributed by atoms with E-state index in [1.165, 1.54) is 122 Å². The molecule has 4 unspecified atom stereocenters. The molecule has 2 saturated heterocycles. The molecular weight excluding hydrogens is 901 g/mol. The Morgan fingerprint density at radius 3 is 1.34 bits per heavy atom. The quantitative estimate of drug-likeness (QED) is 0.0172. The lowest BCUT2D eigenvalue weighted by Gasteiger charge is -2.42. The lowest BCUT2D eigenvalue weighted by atomic mass is 9.98. The molecular formula is C55H100O15. The summed E-state index contributed by atoms with van der Waals surface area (Å²) >= 11 is 0. The van der Waals surface area contributed by atoms with Crippen molar-refractivity contribution in [3.05, 3.63) is 24.3 Å². The number of hydrogen-bond acceptors (Lipinski definition) is 15. The summed E-state index contributed by atoms with van der Waals surface area (Å²) in [6, 6.07) is 0. The molecule has 7 N–H and O–H groups in total. The fourth-order valence-electron chi connectivity index (χ4n) is 8.79. The molecule has 0 amide bonds. The van der Waals surface area contributed by atoms with E-state index in [-0.39, 0.29) is 19.4 Å². The van der Waals surface area contributed by atoms with Crippen LogP contribution in [0.5, 0.6) is 0 Å². The van der Waals surface area contributed by atoms with Gasteiger partial charge in [0, 0.05) is 12.8 Å². The van der Waals surface area contributed by atoms with Gasteiger partial charge in [0.15, 0.2) is 18.7 Å². The summed E-state index contributed by atoms with van der Waals surface area (Å²) in [6.07, 6.45) is 28.0. The van der Waals surface area contributed by atoms with Gasteiger partial charge in [0.05, 0.1) is 19.8 Å². The van der Waals surface area contributed by atoms with E-state index >= 15 is 0 Å². The zero-order valence-electron chi connectivity index (χ0n) is 43.5. The second-order valence-corrected chi connectivity index (χ2v) is 19.8. The average molecular weight is 1000 g/mol. The molecule has 0 aromatic heterocycles. The number of esters is 2. The first-order chi connectivity index (χ1) is 34.0. The average Bonchev–Trinajstić information content (AvgIpc) is 3.35. The molecule has 0 radical (unpaired) electrons. The maximum Gasteiger partial charge on any atom is 0.306 e. The normalized spacial score (nSPS) is 25.5. The highest BCUT2D eigenvalue weighted by molar-refractivity contribution is 5.70. The van der Waals surface area contributed by atoms with Crippen molar-refractivity contribution in [1.29, 1.82) is 0 Å². The summed E-state index contributed by atoms with van der Waals surface area (Å²) in [5.74, 6) is -0.967. The molecule has 2 heterocycles. The van der Waals surface area contributed by atoms with Crippen molar-refractivity contribution in [2.75, 3.05) is 26.4 Å². The molecule has 0 aromatic rings. The van der Waals surface area contributed by atoms with Crippen LogP contribution in [-0.2, 0) is 38.0 Å². The number of ether oxygens (including phenoxy) is 6. The molecule has 2 fully saturated rings. The Balaban J connectivity index is 1.74. The van der Waals surface area contributed by atoms with Gasteiger partial charge in [-0.2, -0.15) is 0 Å². The van der Waals surface area contributed by atoms with Crippen molar-refractivity contribution < 1.29 is 73.8 Å². The number of carbonyl (C=O) groups is 2. The zero-order valence-corrected chi connectivity index (χ0v) is 43.5. The van der Waals surface area contributed by atoms with Crippen LogP contribution in [0.4, 0.5) is 0 Å². The molecule has 2 rings (SSSR count). The maximum absolute atomic E-state index is 13.0. The molecule has 0 aromatic carbocycles. The summed E-state index contributed by atoms with van der Waals surface area (Å²) < 4.78 is 33.6. The van der Waals surface area contributed by atoms with Gasteiger partial charge in [-0.1, -0.05) is 179 Å². The van der Waals surface area contributed by atoms with E-state index in [0.717, 1.165) is 51.4 Å². The summed E-state index contributed by atoms with van der Waals surface area (Å²) in [6.45, 7) is 2.54. The molecule has 11 atom stereocenters. The van der Waals surface area contributed by atoms with E-state index in [1.54, 1.807) is 0 Å². The van der Waals surface area contributed by atoms with Gasteiger partial charge in [-0.05, 0) is 51.4 Å². The highest BCUT2D eigenvalue weighted by Gasteiger charge is 2.47. The first-order valence-electron chi connectivity index (χ1n) is 27.9. The fourth-order valence-corrected chi connectivity index (χ4v) is 8.79. The van der Waals surface area contributed by atoms with Crippen LogP contribution in [0.25, 0.3) is 0 Å². The Morgan fingerprint density at radius 1 is 0.443 bits per heavy atom. The highest BCUT2D eigenvalue weighted by Crippen LogP contribution is 2.27. The minimum atomic E-state index is -1.77. The van der Waals surface area contributed by atoms with E-state index < -0.39 is 99.3 Å². The predicted molar refractivity (Wildman–Crippen MR) is 271 cm³/mol. The number of aliphatic hydroxyl groups excluding tert-OH is 7. The van der Waals surface area contributed by atoms with Crippen LogP contribution >= 0.6 is 0 Å². The van der Waals surface area contributed by atoms with Crippen LogP contribution in [0.2, 0.25) is 0 Å². The largest absolute Gasteiger partial charge is 0.462 e. The number of unbranched alkanes of at least 4 members (excludes halogenated alkanes) is 26. The third-order valence-electron chi connectivity index (χ3n) is 13.4. The number of rotatable bonds is 44. The third kappa shape index (κ3) is 29.6.